The predicted octanol–water partition coefficient (Wildman–Crippen LogP) is 3.47. The average Bonchev–Trinajstić information content (AvgIpc) is 2.91. The normalized spacial score (nSPS) is 19.8. The molecule has 7 heteroatoms. The summed E-state index contributed by atoms with van der Waals surface area (Å²) in [4.78, 5) is 24.0. The summed E-state index contributed by atoms with van der Waals surface area (Å²) in [5.74, 6) is 0.199. The number of para-hydroxylation sites is 2. The Morgan fingerprint density at radius 3 is 2.46 bits per heavy atom. The maximum Gasteiger partial charge on any atom is 0.276 e. The average molecular weight is 354 g/mol. The molecule has 2 aromatic carbocycles. The van der Waals surface area contributed by atoms with Crippen molar-refractivity contribution < 1.29 is 9.72 Å². The van der Waals surface area contributed by atoms with Crippen molar-refractivity contribution in [2.24, 2.45) is 5.92 Å². The molecule has 7 nitrogen and oxygen atoms in total. The smallest absolute Gasteiger partial charge is 0.276 e. The van der Waals surface area contributed by atoms with Crippen LogP contribution in [-0.2, 0) is 4.79 Å². The molecule has 1 aliphatic heterocycles. The third-order valence-corrected chi connectivity index (χ3v) is 4.31. The Hall–Kier alpha value is -2.93. The second-order valence-electron chi connectivity index (χ2n) is 6.75. The lowest BCUT2D eigenvalue weighted by molar-refractivity contribution is -0.386. The Labute approximate surface area is 152 Å². The summed E-state index contributed by atoms with van der Waals surface area (Å²) in [5, 5.41) is 16.2. The third kappa shape index (κ3) is 3.67. The maximum atomic E-state index is 12.9. The quantitative estimate of drug-likeness (QED) is 0.613. The van der Waals surface area contributed by atoms with Gasteiger partial charge in [-0.15, -0.1) is 0 Å². The zero-order valence-electron chi connectivity index (χ0n) is 14.8. The van der Waals surface area contributed by atoms with Crippen LogP contribution in [0.15, 0.2) is 54.6 Å². The highest BCUT2D eigenvalue weighted by molar-refractivity contribution is 5.86. The van der Waals surface area contributed by atoms with Crippen molar-refractivity contribution in [3.05, 3.63) is 70.3 Å². The van der Waals surface area contributed by atoms with Crippen LogP contribution in [0.5, 0.6) is 0 Å². The summed E-state index contributed by atoms with van der Waals surface area (Å²) in [6.45, 7) is 4.09. The van der Waals surface area contributed by atoms with E-state index in [2.05, 4.69) is 10.7 Å². The van der Waals surface area contributed by atoms with Gasteiger partial charge in [-0.3, -0.25) is 25.7 Å². The Morgan fingerprint density at radius 2 is 1.81 bits per heavy atom. The van der Waals surface area contributed by atoms with Gasteiger partial charge in [0.05, 0.1) is 22.2 Å². The van der Waals surface area contributed by atoms with Crippen LogP contribution in [0.2, 0.25) is 0 Å². The molecule has 0 radical (unpaired) electrons. The van der Waals surface area contributed by atoms with E-state index < -0.39 is 17.1 Å². The topological polar surface area (TPSA) is 87.5 Å². The molecule has 26 heavy (non-hydrogen) atoms. The van der Waals surface area contributed by atoms with E-state index in [1.807, 2.05) is 44.2 Å². The number of nitrogens with zero attached hydrogens (tertiary/aromatic N) is 2. The minimum absolute atomic E-state index is 0.0112. The lowest BCUT2D eigenvalue weighted by Gasteiger charge is -2.25. The zero-order valence-corrected chi connectivity index (χ0v) is 14.8. The van der Waals surface area contributed by atoms with Crippen molar-refractivity contribution in [1.82, 2.24) is 10.3 Å². The van der Waals surface area contributed by atoms with Gasteiger partial charge in [0.25, 0.3) is 11.6 Å². The second kappa shape index (κ2) is 7.53. The summed E-state index contributed by atoms with van der Waals surface area (Å²) in [7, 11) is 0. The highest BCUT2D eigenvalue weighted by Gasteiger charge is 2.42. The number of carbonyl (C=O) groups is 1. The van der Waals surface area contributed by atoms with Crippen LogP contribution in [0.3, 0.4) is 0 Å². The molecule has 136 valence electrons. The van der Waals surface area contributed by atoms with Gasteiger partial charge >= 0.3 is 0 Å². The standard InChI is InChI=1S/C19H22N4O3/c1-13(2)12-16-19(24)22(21-14-8-4-3-5-9-14)18(20-16)15-10-6-7-11-17(15)23(25)26/h3-11,13,16,18,20-21H,12H2,1-2H3/t16-,18?/m0/s1. The van der Waals surface area contributed by atoms with Gasteiger partial charge in [0.15, 0.2) is 0 Å². The number of amides is 1. The molecular formula is C19H22N4O3. The van der Waals surface area contributed by atoms with E-state index >= 15 is 0 Å². The van der Waals surface area contributed by atoms with Crippen LogP contribution in [0.4, 0.5) is 11.4 Å². The van der Waals surface area contributed by atoms with Crippen LogP contribution in [0, 0.1) is 16.0 Å². The molecule has 1 fully saturated rings. The molecule has 0 spiro atoms. The number of hydrogen-bond acceptors (Lipinski definition) is 5. The van der Waals surface area contributed by atoms with E-state index in [-0.39, 0.29) is 11.6 Å². The molecule has 0 aliphatic carbocycles. The Morgan fingerprint density at radius 1 is 1.15 bits per heavy atom. The first-order chi connectivity index (χ1) is 12.5. The van der Waals surface area contributed by atoms with Crippen LogP contribution >= 0.6 is 0 Å². The summed E-state index contributed by atoms with van der Waals surface area (Å²) in [6, 6.07) is 15.4. The van der Waals surface area contributed by atoms with Crippen LogP contribution in [0.1, 0.15) is 32.0 Å². The monoisotopic (exact) mass is 354 g/mol. The largest absolute Gasteiger partial charge is 0.294 e. The maximum absolute atomic E-state index is 12.9. The number of nitro benzene ring substituents is 1. The first-order valence-corrected chi connectivity index (χ1v) is 8.61. The molecule has 0 saturated carbocycles. The Bertz CT molecular complexity index is 794. The van der Waals surface area contributed by atoms with Gasteiger partial charge in [0.1, 0.15) is 6.17 Å². The number of anilines is 1. The number of hydrazine groups is 1. The van der Waals surface area contributed by atoms with Crippen LogP contribution in [0.25, 0.3) is 0 Å². The van der Waals surface area contributed by atoms with Gasteiger partial charge in [-0.2, -0.15) is 0 Å². The third-order valence-electron chi connectivity index (χ3n) is 4.31. The fraction of sp³-hybridized carbons (Fsp3) is 0.316. The molecule has 2 aromatic rings. The SMILES string of the molecule is CC(C)C[C@@H]1NC(c2ccccc2[N+](=O)[O-])N(Nc2ccccc2)C1=O. The van der Waals surface area contributed by atoms with E-state index in [0.717, 1.165) is 5.69 Å². The Kier molecular flexibility index (Phi) is 5.18. The molecule has 0 aromatic heterocycles. The second-order valence-corrected chi connectivity index (χ2v) is 6.75. The van der Waals surface area contributed by atoms with Crippen molar-refractivity contribution in [2.45, 2.75) is 32.5 Å². The van der Waals surface area contributed by atoms with Crippen LogP contribution in [-0.4, -0.2) is 21.9 Å². The summed E-state index contributed by atoms with van der Waals surface area (Å²) in [5.41, 5.74) is 4.30. The summed E-state index contributed by atoms with van der Waals surface area (Å²) >= 11 is 0. The molecule has 2 N–H and O–H groups in total. The van der Waals surface area contributed by atoms with Crippen molar-refractivity contribution in [3.63, 3.8) is 0 Å². The van der Waals surface area contributed by atoms with Gasteiger partial charge in [-0.1, -0.05) is 44.2 Å². The number of nitrogens with one attached hydrogen (secondary N) is 2. The Balaban J connectivity index is 1.97. The molecule has 0 bridgehead atoms. The highest BCUT2D eigenvalue weighted by atomic mass is 16.6. The fourth-order valence-corrected chi connectivity index (χ4v) is 3.16. The molecule has 2 atom stereocenters. The van der Waals surface area contributed by atoms with Gasteiger partial charge in [-0.25, -0.2) is 5.01 Å². The van der Waals surface area contributed by atoms with Gasteiger partial charge in [0, 0.05) is 6.07 Å². The molecule has 1 amide bonds. The highest BCUT2D eigenvalue weighted by Crippen LogP contribution is 2.33. The van der Waals surface area contributed by atoms with Crippen molar-refractivity contribution in [3.8, 4) is 0 Å². The van der Waals surface area contributed by atoms with E-state index in [0.29, 0.717) is 17.9 Å². The minimum atomic E-state index is -0.618. The lowest BCUT2D eigenvalue weighted by Crippen LogP contribution is -2.36. The number of rotatable bonds is 6. The number of carbonyl (C=O) groups excluding carboxylic acids is 1. The van der Waals surface area contributed by atoms with E-state index in [4.69, 9.17) is 0 Å². The molecule has 3 rings (SSSR count). The minimum Gasteiger partial charge on any atom is -0.294 e. The van der Waals surface area contributed by atoms with Crippen molar-refractivity contribution in [2.75, 3.05) is 5.43 Å². The lowest BCUT2D eigenvalue weighted by atomic mass is 10.0. The van der Waals surface area contributed by atoms with Crippen LogP contribution < -0.4 is 10.7 Å². The molecule has 1 unspecified atom stereocenters. The predicted molar refractivity (Wildman–Crippen MR) is 99.1 cm³/mol. The molecule has 1 aliphatic rings. The summed E-state index contributed by atoms with van der Waals surface area (Å²) in [6.07, 6.45) is 0.0381. The van der Waals surface area contributed by atoms with E-state index in [1.54, 1.807) is 18.2 Å². The van der Waals surface area contributed by atoms with E-state index in [9.17, 15) is 14.9 Å². The van der Waals surface area contributed by atoms with Gasteiger partial charge in [0.2, 0.25) is 0 Å². The fourth-order valence-electron chi connectivity index (χ4n) is 3.16. The van der Waals surface area contributed by atoms with E-state index in [1.165, 1.54) is 11.1 Å². The molecule has 1 saturated heterocycles. The first-order valence-electron chi connectivity index (χ1n) is 8.61. The number of benzene rings is 2. The molecular weight excluding hydrogens is 332 g/mol. The van der Waals surface area contributed by atoms with Gasteiger partial charge in [-0.05, 0) is 30.5 Å². The zero-order chi connectivity index (χ0) is 18.7. The van der Waals surface area contributed by atoms with Crippen molar-refractivity contribution in [1.29, 1.82) is 0 Å². The number of hydrogen-bond donors (Lipinski definition) is 2. The molecule has 1 heterocycles. The number of nitro groups is 1. The van der Waals surface area contributed by atoms with Gasteiger partial charge < -0.3 is 0 Å². The first kappa shape index (κ1) is 17.9. The van der Waals surface area contributed by atoms with Crippen molar-refractivity contribution >= 4 is 17.3 Å². The summed E-state index contributed by atoms with van der Waals surface area (Å²) < 4.78 is 0.